The third kappa shape index (κ3) is 3.40. The maximum Gasteiger partial charge on any atom is 0.261 e. The highest BCUT2D eigenvalue weighted by molar-refractivity contribution is 6.02. The molecule has 1 amide bonds. The van der Waals surface area contributed by atoms with E-state index in [1.807, 2.05) is 32.0 Å². The van der Waals surface area contributed by atoms with Crippen molar-refractivity contribution in [1.29, 1.82) is 5.26 Å². The molecule has 0 bridgehead atoms. The molecule has 0 aliphatic carbocycles. The molecule has 1 unspecified atom stereocenters. The number of carbonyl (C=O) groups excluding carboxylic acids is 1. The van der Waals surface area contributed by atoms with Gasteiger partial charge < -0.3 is 14.8 Å². The van der Waals surface area contributed by atoms with Crippen molar-refractivity contribution >= 4 is 12.0 Å². The largest absolute Gasteiger partial charge is 0.496 e. The number of fused-ring (bicyclic) bond motifs is 1. The Kier molecular flexibility index (Phi) is 5.05. The quantitative estimate of drug-likeness (QED) is 0.670. The second-order valence-corrected chi connectivity index (χ2v) is 5.26. The van der Waals surface area contributed by atoms with E-state index < -0.39 is 0 Å². The minimum absolute atomic E-state index is 0.0535. The van der Waals surface area contributed by atoms with Crippen LogP contribution in [-0.2, 0) is 11.2 Å². The van der Waals surface area contributed by atoms with Crippen LogP contribution in [0.5, 0.6) is 11.5 Å². The van der Waals surface area contributed by atoms with E-state index >= 15 is 0 Å². The van der Waals surface area contributed by atoms with Crippen LogP contribution in [0.15, 0.2) is 17.7 Å². The first-order chi connectivity index (χ1) is 10.6. The number of amides is 1. The highest BCUT2D eigenvalue weighted by Gasteiger charge is 2.21. The molecular formula is C17H20N2O3. The van der Waals surface area contributed by atoms with E-state index in [0.29, 0.717) is 17.9 Å². The summed E-state index contributed by atoms with van der Waals surface area (Å²) in [7, 11) is 1.57. The monoisotopic (exact) mass is 300 g/mol. The molecule has 0 saturated carbocycles. The summed E-state index contributed by atoms with van der Waals surface area (Å²) in [6.45, 7) is 4.50. The van der Waals surface area contributed by atoms with Gasteiger partial charge in [0.25, 0.3) is 5.91 Å². The number of nitriles is 1. The lowest BCUT2D eigenvalue weighted by atomic mass is 10.0. The fraction of sp³-hybridized carbons (Fsp3) is 0.412. The molecule has 0 fully saturated rings. The minimum Gasteiger partial charge on any atom is -0.496 e. The standard InChI is InChI=1S/C17H20N2O3/c1-4-5-19-17(20)14(10-18)7-13-9-16-12(6-11(2)22-16)8-15(13)21-3/h7-9,11H,4-6H2,1-3H3,(H,19,20)/b14-7-. The molecular weight excluding hydrogens is 280 g/mol. The van der Waals surface area contributed by atoms with E-state index in [2.05, 4.69) is 5.32 Å². The Morgan fingerprint density at radius 3 is 3.00 bits per heavy atom. The van der Waals surface area contributed by atoms with Gasteiger partial charge in [0.05, 0.1) is 7.11 Å². The van der Waals surface area contributed by atoms with Crippen molar-refractivity contribution in [2.45, 2.75) is 32.8 Å². The van der Waals surface area contributed by atoms with Gasteiger partial charge in [0.1, 0.15) is 29.2 Å². The van der Waals surface area contributed by atoms with E-state index in [4.69, 9.17) is 9.47 Å². The Labute approximate surface area is 130 Å². The number of rotatable bonds is 5. The van der Waals surface area contributed by atoms with Gasteiger partial charge in [-0.3, -0.25) is 4.79 Å². The molecule has 1 N–H and O–H groups in total. The number of carbonyl (C=O) groups is 1. The first-order valence-corrected chi connectivity index (χ1v) is 7.36. The summed E-state index contributed by atoms with van der Waals surface area (Å²) in [5, 5.41) is 11.9. The van der Waals surface area contributed by atoms with Crippen LogP contribution < -0.4 is 14.8 Å². The number of hydrogen-bond donors (Lipinski definition) is 1. The molecule has 0 saturated heterocycles. The number of methoxy groups -OCH3 is 1. The maximum atomic E-state index is 11.9. The van der Waals surface area contributed by atoms with E-state index in [1.54, 1.807) is 7.11 Å². The van der Waals surface area contributed by atoms with Gasteiger partial charge in [-0.15, -0.1) is 0 Å². The third-order valence-corrected chi connectivity index (χ3v) is 3.45. The molecule has 0 spiro atoms. The summed E-state index contributed by atoms with van der Waals surface area (Å²) in [6.07, 6.45) is 3.31. The Morgan fingerprint density at radius 2 is 2.36 bits per heavy atom. The average molecular weight is 300 g/mol. The molecule has 1 aliphatic heterocycles. The smallest absolute Gasteiger partial charge is 0.261 e. The zero-order valence-corrected chi connectivity index (χ0v) is 13.1. The first-order valence-electron chi connectivity index (χ1n) is 7.36. The van der Waals surface area contributed by atoms with Crippen LogP contribution >= 0.6 is 0 Å². The number of hydrogen-bond acceptors (Lipinski definition) is 4. The first kappa shape index (κ1) is 15.9. The highest BCUT2D eigenvalue weighted by Crippen LogP contribution is 2.35. The second-order valence-electron chi connectivity index (χ2n) is 5.26. The van der Waals surface area contributed by atoms with Gasteiger partial charge in [0.2, 0.25) is 0 Å². The minimum atomic E-state index is -0.374. The van der Waals surface area contributed by atoms with E-state index in [0.717, 1.165) is 24.2 Å². The molecule has 0 radical (unpaired) electrons. The summed E-state index contributed by atoms with van der Waals surface area (Å²) in [5.74, 6) is 1.04. The number of ether oxygens (including phenoxy) is 2. The normalized spacial score (nSPS) is 16.5. The van der Waals surface area contributed by atoms with Gasteiger partial charge in [-0.25, -0.2) is 0 Å². The SMILES string of the molecule is CCCNC(=O)/C(C#N)=C\c1cc2c(cc1OC)CC(C)O2. The highest BCUT2D eigenvalue weighted by atomic mass is 16.5. The van der Waals surface area contributed by atoms with Crippen LogP contribution in [0.4, 0.5) is 0 Å². The Morgan fingerprint density at radius 1 is 1.59 bits per heavy atom. The van der Waals surface area contributed by atoms with Gasteiger partial charge >= 0.3 is 0 Å². The summed E-state index contributed by atoms with van der Waals surface area (Å²) >= 11 is 0. The topological polar surface area (TPSA) is 71.4 Å². The van der Waals surface area contributed by atoms with Crippen molar-refractivity contribution in [3.8, 4) is 17.6 Å². The zero-order chi connectivity index (χ0) is 16.1. The van der Waals surface area contributed by atoms with Crippen LogP contribution in [-0.4, -0.2) is 25.7 Å². The van der Waals surface area contributed by atoms with Crippen LogP contribution in [0.2, 0.25) is 0 Å². The lowest BCUT2D eigenvalue weighted by Crippen LogP contribution is -2.25. The Bertz CT molecular complexity index is 644. The molecule has 22 heavy (non-hydrogen) atoms. The molecule has 1 aromatic carbocycles. The van der Waals surface area contributed by atoms with Crippen molar-refractivity contribution in [3.05, 3.63) is 28.8 Å². The summed E-state index contributed by atoms with van der Waals surface area (Å²) in [5.41, 5.74) is 1.80. The van der Waals surface area contributed by atoms with Crippen LogP contribution in [0.25, 0.3) is 6.08 Å². The second kappa shape index (κ2) is 6.99. The molecule has 0 aromatic heterocycles. The van der Waals surface area contributed by atoms with Gasteiger partial charge in [-0.2, -0.15) is 5.26 Å². The molecule has 1 aromatic rings. The summed E-state index contributed by atoms with van der Waals surface area (Å²) in [4.78, 5) is 11.9. The fourth-order valence-electron chi connectivity index (χ4n) is 2.38. The molecule has 5 heteroatoms. The van der Waals surface area contributed by atoms with E-state index in [-0.39, 0.29) is 17.6 Å². The Balaban J connectivity index is 2.35. The summed E-state index contributed by atoms with van der Waals surface area (Å²) < 4.78 is 11.1. The predicted octanol–water partition coefficient (Wildman–Crippen LogP) is 2.45. The van der Waals surface area contributed by atoms with Gasteiger partial charge in [0.15, 0.2) is 0 Å². The number of nitrogens with zero attached hydrogens (tertiary/aromatic N) is 1. The lowest BCUT2D eigenvalue weighted by molar-refractivity contribution is -0.117. The summed E-state index contributed by atoms with van der Waals surface area (Å²) in [6, 6.07) is 5.67. The number of nitrogens with one attached hydrogen (secondary N) is 1. The molecule has 1 atom stereocenters. The van der Waals surface area contributed by atoms with E-state index in [9.17, 15) is 10.1 Å². The van der Waals surface area contributed by atoms with Crippen LogP contribution in [0.1, 0.15) is 31.4 Å². The lowest BCUT2D eigenvalue weighted by Gasteiger charge is -2.09. The number of benzene rings is 1. The molecule has 1 aliphatic rings. The van der Waals surface area contributed by atoms with Crippen molar-refractivity contribution in [1.82, 2.24) is 5.32 Å². The van der Waals surface area contributed by atoms with Crippen molar-refractivity contribution in [3.63, 3.8) is 0 Å². The molecule has 116 valence electrons. The molecule has 2 rings (SSSR count). The van der Waals surface area contributed by atoms with Crippen molar-refractivity contribution in [2.75, 3.05) is 13.7 Å². The van der Waals surface area contributed by atoms with Crippen LogP contribution in [0.3, 0.4) is 0 Å². The molecule has 5 nitrogen and oxygen atoms in total. The predicted molar refractivity (Wildman–Crippen MR) is 83.7 cm³/mol. The molecule has 1 heterocycles. The van der Waals surface area contributed by atoms with Gasteiger partial charge in [-0.1, -0.05) is 6.92 Å². The van der Waals surface area contributed by atoms with E-state index in [1.165, 1.54) is 6.08 Å². The maximum absolute atomic E-state index is 11.9. The van der Waals surface area contributed by atoms with Gasteiger partial charge in [-0.05, 0) is 31.6 Å². The van der Waals surface area contributed by atoms with Gasteiger partial charge in [0, 0.05) is 24.1 Å². The fourth-order valence-corrected chi connectivity index (χ4v) is 2.38. The third-order valence-electron chi connectivity index (χ3n) is 3.45. The van der Waals surface area contributed by atoms with Crippen molar-refractivity contribution in [2.24, 2.45) is 0 Å². The Hall–Kier alpha value is -2.48. The zero-order valence-electron chi connectivity index (χ0n) is 13.1. The van der Waals surface area contributed by atoms with Crippen LogP contribution in [0, 0.1) is 11.3 Å². The van der Waals surface area contributed by atoms with Crippen molar-refractivity contribution < 1.29 is 14.3 Å². The average Bonchev–Trinajstić information content (AvgIpc) is 2.87.